The summed E-state index contributed by atoms with van der Waals surface area (Å²) >= 11 is 1.94. The quantitative estimate of drug-likeness (QED) is 0.851. The van der Waals surface area contributed by atoms with Crippen LogP contribution in [0.2, 0.25) is 0 Å². The van der Waals surface area contributed by atoms with Gasteiger partial charge in [0, 0.05) is 35.9 Å². The number of hydrogen-bond acceptors (Lipinski definition) is 4. The Bertz CT molecular complexity index is 449. The maximum atomic E-state index is 5.70. The molecule has 3 heterocycles. The van der Waals surface area contributed by atoms with Crippen LogP contribution in [0.4, 0.5) is 0 Å². The average molecular weight is 309 g/mol. The number of piperidine rings is 1. The van der Waals surface area contributed by atoms with Crippen LogP contribution in [0.15, 0.2) is 12.1 Å². The molecule has 0 N–H and O–H groups in total. The van der Waals surface area contributed by atoms with E-state index >= 15 is 0 Å². The predicted molar refractivity (Wildman–Crippen MR) is 86.8 cm³/mol. The van der Waals surface area contributed by atoms with E-state index in [1.54, 1.807) is 0 Å². The molecule has 2 fully saturated rings. The lowest BCUT2D eigenvalue weighted by atomic mass is 9.66. The summed E-state index contributed by atoms with van der Waals surface area (Å²) < 4.78 is 11.1. The number of methoxy groups -OCH3 is 1. The van der Waals surface area contributed by atoms with Gasteiger partial charge in [0.25, 0.3) is 0 Å². The minimum absolute atomic E-state index is 0.468. The van der Waals surface area contributed by atoms with Crippen LogP contribution in [0.1, 0.15) is 29.0 Å². The Kier molecular flexibility index (Phi) is 4.99. The summed E-state index contributed by atoms with van der Waals surface area (Å²) in [6.07, 6.45) is 3.82. The van der Waals surface area contributed by atoms with E-state index in [1.807, 2.05) is 18.4 Å². The van der Waals surface area contributed by atoms with E-state index in [1.165, 1.54) is 42.1 Å². The number of rotatable bonds is 4. The van der Waals surface area contributed by atoms with Crippen molar-refractivity contribution in [1.82, 2.24) is 4.90 Å². The highest BCUT2D eigenvalue weighted by molar-refractivity contribution is 7.11. The van der Waals surface area contributed by atoms with Gasteiger partial charge in [-0.25, -0.2) is 0 Å². The van der Waals surface area contributed by atoms with Crippen LogP contribution in [-0.4, -0.2) is 44.9 Å². The van der Waals surface area contributed by atoms with Crippen LogP contribution < -0.4 is 0 Å². The van der Waals surface area contributed by atoms with E-state index in [9.17, 15) is 0 Å². The maximum absolute atomic E-state index is 5.70. The molecule has 1 atom stereocenters. The molecule has 1 spiro atoms. The maximum Gasteiger partial charge on any atom is 0.0521 e. The Morgan fingerprint density at radius 1 is 1.33 bits per heavy atom. The molecule has 0 radical (unpaired) electrons. The highest BCUT2D eigenvalue weighted by Gasteiger charge is 2.43. The van der Waals surface area contributed by atoms with Crippen LogP contribution in [0.25, 0.3) is 0 Å². The molecule has 2 aliphatic rings. The molecular weight excluding hydrogens is 282 g/mol. The third kappa shape index (κ3) is 3.50. The fourth-order valence-corrected chi connectivity index (χ4v) is 4.85. The van der Waals surface area contributed by atoms with E-state index < -0.39 is 0 Å². The largest absolute Gasteiger partial charge is 0.384 e. The molecule has 1 aromatic heterocycles. The average Bonchev–Trinajstić information content (AvgIpc) is 2.90. The van der Waals surface area contributed by atoms with E-state index in [4.69, 9.17) is 9.47 Å². The molecule has 3 nitrogen and oxygen atoms in total. The summed E-state index contributed by atoms with van der Waals surface area (Å²) in [6.45, 7) is 8.43. The molecule has 21 heavy (non-hydrogen) atoms. The number of nitrogens with zero attached hydrogens (tertiary/aromatic N) is 1. The van der Waals surface area contributed by atoms with Gasteiger partial charge in [-0.1, -0.05) is 0 Å². The first kappa shape index (κ1) is 15.5. The summed E-state index contributed by atoms with van der Waals surface area (Å²) in [7, 11) is 1.82. The Morgan fingerprint density at radius 2 is 2.14 bits per heavy atom. The zero-order valence-corrected chi connectivity index (χ0v) is 14.1. The molecule has 1 unspecified atom stereocenters. The topological polar surface area (TPSA) is 21.7 Å². The van der Waals surface area contributed by atoms with Crippen molar-refractivity contribution in [3.63, 3.8) is 0 Å². The summed E-state index contributed by atoms with van der Waals surface area (Å²) in [5.74, 6) is 0.586. The van der Waals surface area contributed by atoms with Crippen molar-refractivity contribution in [2.24, 2.45) is 11.3 Å². The second kappa shape index (κ2) is 6.78. The summed E-state index contributed by atoms with van der Waals surface area (Å²) in [5.41, 5.74) is 0.468. The zero-order valence-electron chi connectivity index (χ0n) is 13.3. The van der Waals surface area contributed by atoms with Crippen LogP contribution in [0, 0.1) is 18.3 Å². The van der Waals surface area contributed by atoms with Gasteiger partial charge in [-0.15, -0.1) is 11.3 Å². The standard InChI is InChI=1S/C17H27NO2S/c1-14-3-4-16(21-14)11-18-8-5-17(6-9-18)7-10-20-13-15(17)12-19-2/h3-4,15H,5-13H2,1-2H3. The van der Waals surface area contributed by atoms with E-state index in [0.717, 1.165) is 26.4 Å². The summed E-state index contributed by atoms with van der Waals surface area (Å²) in [4.78, 5) is 5.54. The fourth-order valence-electron chi connectivity index (χ4n) is 3.91. The molecule has 0 aromatic carbocycles. The van der Waals surface area contributed by atoms with Crippen LogP contribution in [0.3, 0.4) is 0 Å². The van der Waals surface area contributed by atoms with Gasteiger partial charge in [-0.05, 0) is 56.8 Å². The third-order valence-corrected chi connectivity index (χ3v) is 6.31. The Hall–Kier alpha value is -0.420. The van der Waals surface area contributed by atoms with Crippen molar-refractivity contribution in [1.29, 1.82) is 0 Å². The first-order valence-electron chi connectivity index (χ1n) is 8.06. The Labute approximate surface area is 132 Å². The molecule has 4 heteroatoms. The summed E-state index contributed by atoms with van der Waals surface area (Å²) in [5, 5.41) is 0. The highest BCUT2D eigenvalue weighted by Crippen LogP contribution is 2.45. The molecular formula is C17H27NO2S. The first-order chi connectivity index (χ1) is 10.2. The van der Waals surface area contributed by atoms with Gasteiger partial charge >= 0.3 is 0 Å². The molecule has 0 bridgehead atoms. The van der Waals surface area contributed by atoms with Gasteiger partial charge in [0.2, 0.25) is 0 Å². The van der Waals surface area contributed by atoms with Gasteiger partial charge in [-0.3, -0.25) is 4.90 Å². The fraction of sp³-hybridized carbons (Fsp3) is 0.765. The number of hydrogen-bond donors (Lipinski definition) is 0. The van der Waals surface area contributed by atoms with Gasteiger partial charge in [0.1, 0.15) is 0 Å². The van der Waals surface area contributed by atoms with E-state index in [2.05, 4.69) is 24.0 Å². The molecule has 0 saturated carbocycles. The monoisotopic (exact) mass is 309 g/mol. The van der Waals surface area contributed by atoms with E-state index in [-0.39, 0.29) is 0 Å². The second-order valence-corrected chi connectivity index (χ2v) is 8.00. The first-order valence-corrected chi connectivity index (χ1v) is 8.88. The minimum atomic E-state index is 0.468. The SMILES string of the molecule is COCC1COCCC12CCN(Cc1ccc(C)s1)CC2. The van der Waals surface area contributed by atoms with Gasteiger partial charge < -0.3 is 9.47 Å². The number of thiophene rings is 1. The highest BCUT2D eigenvalue weighted by atomic mass is 32.1. The smallest absolute Gasteiger partial charge is 0.0521 e. The van der Waals surface area contributed by atoms with Gasteiger partial charge in [-0.2, -0.15) is 0 Å². The van der Waals surface area contributed by atoms with Gasteiger partial charge in [0.05, 0.1) is 13.2 Å². The molecule has 2 aliphatic heterocycles. The van der Waals surface area contributed by atoms with Crippen molar-refractivity contribution in [3.05, 3.63) is 21.9 Å². The zero-order chi connectivity index (χ0) is 14.7. The molecule has 1 aromatic rings. The van der Waals surface area contributed by atoms with E-state index in [0.29, 0.717) is 11.3 Å². The molecule has 0 amide bonds. The van der Waals surface area contributed by atoms with Crippen LogP contribution in [0.5, 0.6) is 0 Å². The number of aryl methyl sites for hydroxylation is 1. The molecule has 118 valence electrons. The minimum Gasteiger partial charge on any atom is -0.384 e. The molecule has 3 rings (SSSR count). The summed E-state index contributed by atoms with van der Waals surface area (Å²) in [6, 6.07) is 4.52. The molecule has 2 saturated heterocycles. The number of likely N-dealkylation sites (tertiary alicyclic amines) is 1. The Balaban J connectivity index is 1.58. The van der Waals surface area contributed by atoms with Gasteiger partial charge in [0.15, 0.2) is 0 Å². The van der Waals surface area contributed by atoms with Crippen molar-refractivity contribution < 1.29 is 9.47 Å². The van der Waals surface area contributed by atoms with Crippen molar-refractivity contribution in [2.75, 3.05) is 40.0 Å². The van der Waals surface area contributed by atoms with Crippen LogP contribution >= 0.6 is 11.3 Å². The van der Waals surface area contributed by atoms with Crippen molar-refractivity contribution in [3.8, 4) is 0 Å². The lowest BCUT2D eigenvalue weighted by Gasteiger charge is -2.48. The van der Waals surface area contributed by atoms with Crippen molar-refractivity contribution >= 4 is 11.3 Å². The lowest BCUT2D eigenvalue weighted by molar-refractivity contribution is -0.0950. The second-order valence-electron chi connectivity index (χ2n) is 6.63. The Morgan fingerprint density at radius 3 is 2.81 bits per heavy atom. The van der Waals surface area contributed by atoms with Crippen molar-refractivity contribution in [2.45, 2.75) is 32.7 Å². The third-order valence-electron chi connectivity index (χ3n) is 5.32. The van der Waals surface area contributed by atoms with Crippen LogP contribution in [-0.2, 0) is 16.0 Å². The molecule has 0 aliphatic carbocycles. The lowest BCUT2D eigenvalue weighted by Crippen LogP contribution is -2.49. The predicted octanol–water partition coefficient (Wildman–Crippen LogP) is 3.32. The normalized spacial score (nSPS) is 26.3. The number of ether oxygens (including phenoxy) is 2.